The van der Waals surface area contributed by atoms with Crippen molar-refractivity contribution in [3.8, 4) is 11.8 Å². The number of alkyl halides is 5. The molecule has 18 atom stereocenters. The van der Waals surface area contributed by atoms with Crippen molar-refractivity contribution in [3.63, 3.8) is 0 Å². The van der Waals surface area contributed by atoms with Gasteiger partial charge in [0.2, 0.25) is 21.8 Å². The second kappa shape index (κ2) is 21.2. The molecule has 21 heteroatoms. The number of esters is 3. The highest BCUT2D eigenvalue weighted by molar-refractivity contribution is 8.14. The molecule has 2 N–H and O–H groups in total. The predicted octanol–water partition coefficient (Wildman–Crippen LogP) is 9.88. The van der Waals surface area contributed by atoms with Gasteiger partial charge in [-0.25, -0.2) is 31.5 Å². The van der Waals surface area contributed by atoms with Crippen LogP contribution in [0.25, 0.3) is 0 Å². The van der Waals surface area contributed by atoms with E-state index < -0.39 is 156 Å². The van der Waals surface area contributed by atoms with Crippen molar-refractivity contribution < 1.29 is 88.8 Å². The number of hydrogen-bond acceptors (Lipinski definition) is 15. The smallest absolute Gasteiger partial charge is 0.375 e. The number of hydrogen-bond donors (Lipinski definition) is 3. The molecule has 6 fully saturated rings. The lowest BCUT2D eigenvalue weighted by Gasteiger charge is -2.63. The number of fused-ring (bicyclic) bond motifs is 10. The number of allylic oxidation sites excluding steroid dienone is 8. The third-order valence-corrected chi connectivity index (χ3v) is 21.4. The second-order valence-corrected chi connectivity index (χ2v) is 26.3. The number of furan rings is 2. The van der Waals surface area contributed by atoms with Gasteiger partial charge in [0.15, 0.2) is 40.7 Å². The van der Waals surface area contributed by atoms with Gasteiger partial charge < -0.3 is 33.3 Å². The van der Waals surface area contributed by atoms with Gasteiger partial charge in [0.25, 0.3) is 0 Å². The minimum atomic E-state index is -2.37. The van der Waals surface area contributed by atoms with Crippen LogP contribution in [-0.2, 0) is 38.2 Å². The summed E-state index contributed by atoms with van der Waals surface area (Å²) in [4.78, 5) is 89.7. The number of carbonyl (C=O) groups is 7. The van der Waals surface area contributed by atoms with Crippen LogP contribution in [0, 0.1) is 69.0 Å². The molecule has 82 heavy (non-hydrogen) atoms. The van der Waals surface area contributed by atoms with Gasteiger partial charge in [-0.1, -0.05) is 63.4 Å². The Labute approximate surface area is 481 Å². The van der Waals surface area contributed by atoms with Crippen molar-refractivity contribution in [1.29, 1.82) is 0 Å². The maximum absolute atomic E-state index is 17.7. The lowest BCUT2D eigenvalue weighted by Crippen LogP contribution is -2.70. The topological polar surface area (TPSA) is 214 Å². The first-order valence-corrected chi connectivity index (χ1v) is 28.8. The molecule has 0 spiro atoms. The van der Waals surface area contributed by atoms with Crippen molar-refractivity contribution in [2.24, 2.45) is 57.2 Å². The van der Waals surface area contributed by atoms with E-state index in [0.29, 0.717) is 0 Å². The molecule has 0 bridgehead atoms. The summed E-state index contributed by atoms with van der Waals surface area (Å²) in [5, 5.41) is 21.8. The monoisotopic (exact) mass is 1180 g/mol. The largest absolute Gasteiger partial charge is 0.457 e. The Morgan fingerprint density at radius 2 is 1.16 bits per heavy atom. The van der Waals surface area contributed by atoms with Crippen molar-refractivity contribution >= 4 is 64.1 Å². The number of rotatable bonds is 10. The highest BCUT2D eigenvalue weighted by Gasteiger charge is 2.80. The Hall–Kier alpha value is -5.56. The van der Waals surface area contributed by atoms with E-state index in [1.165, 1.54) is 88.8 Å². The minimum Gasteiger partial charge on any atom is -0.457 e. The number of thiol groups is 1. The zero-order chi connectivity index (χ0) is 60.1. The van der Waals surface area contributed by atoms with E-state index in [2.05, 4.69) is 24.5 Å². The zero-order valence-corrected chi connectivity index (χ0v) is 48.3. The van der Waals surface area contributed by atoms with Gasteiger partial charge in [-0.05, 0) is 138 Å². The second-order valence-electron chi connectivity index (χ2n) is 25.0. The Morgan fingerprint density at radius 1 is 0.720 bits per heavy atom. The van der Waals surface area contributed by atoms with Crippen LogP contribution >= 0.6 is 24.4 Å². The Morgan fingerprint density at radius 3 is 1.59 bits per heavy atom. The van der Waals surface area contributed by atoms with Gasteiger partial charge in [-0.2, -0.15) is 0 Å². The quantitative estimate of drug-likeness (QED) is 0.0664. The first kappa shape index (κ1) is 61.0. The summed E-state index contributed by atoms with van der Waals surface area (Å²) in [7, 11) is 0. The molecule has 8 aliphatic rings. The number of aliphatic hydroxyl groups is 2. The Bertz CT molecular complexity index is 3140. The van der Waals surface area contributed by atoms with Gasteiger partial charge >= 0.3 is 17.9 Å². The van der Waals surface area contributed by atoms with Crippen LogP contribution in [0.5, 0.6) is 0 Å². The fourth-order valence-electron chi connectivity index (χ4n) is 16.5. The van der Waals surface area contributed by atoms with E-state index in [4.69, 9.17) is 23.0 Å². The van der Waals surface area contributed by atoms with Gasteiger partial charge in [0.1, 0.15) is 18.0 Å². The molecule has 8 aliphatic carbocycles. The average molecular weight is 1180 g/mol. The maximum Gasteiger partial charge on any atom is 0.375 e. The molecule has 0 aliphatic heterocycles. The molecule has 4 unspecified atom stereocenters. The van der Waals surface area contributed by atoms with E-state index in [1.54, 1.807) is 27.7 Å². The summed E-state index contributed by atoms with van der Waals surface area (Å²) < 4.78 is 107. The maximum atomic E-state index is 17.7. The number of thioether (sulfide) groups is 1. The summed E-state index contributed by atoms with van der Waals surface area (Å²) in [6.45, 7) is 12.0. The predicted molar refractivity (Wildman–Crippen MR) is 290 cm³/mol. The van der Waals surface area contributed by atoms with Gasteiger partial charge in [0.05, 0.1) is 36.9 Å². The summed E-state index contributed by atoms with van der Waals surface area (Å²) in [5.74, 6) is -3.08. The Kier molecular flexibility index (Phi) is 15.8. The van der Waals surface area contributed by atoms with Crippen LogP contribution in [0.2, 0.25) is 0 Å². The number of ether oxygens (including phenoxy) is 3. The van der Waals surface area contributed by atoms with Crippen LogP contribution < -0.4 is 0 Å². The fourth-order valence-corrected chi connectivity index (χ4v) is 18.0. The minimum absolute atomic E-state index is 0.0164. The normalized spacial score (nSPS) is 41.2. The first-order valence-electron chi connectivity index (χ1n) is 27.4. The van der Waals surface area contributed by atoms with Crippen LogP contribution in [0.4, 0.5) is 22.0 Å². The molecule has 2 aromatic heterocycles. The Balaban J connectivity index is 0.000000206. The van der Waals surface area contributed by atoms with E-state index in [9.17, 15) is 48.2 Å². The molecule has 442 valence electrons. The molecule has 0 amide bonds. The van der Waals surface area contributed by atoms with Crippen molar-refractivity contribution in [1.82, 2.24) is 0 Å². The number of carbonyl (C=O) groups excluding carboxylic acids is 7. The number of ketones is 2. The van der Waals surface area contributed by atoms with Crippen LogP contribution in [0.3, 0.4) is 0 Å². The third kappa shape index (κ3) is 9.07. The highest BCUT2D eigenvalue weighted by atomic mass is 32.2. The van der Waals surface area contributed by atoms with Crippen LogP contribution in [0.15, 0.2) is 93.2 Å². The average Bonchev–Trinajstić information content (AvgIpc) is 1.81. The van der Waals surface area contributed by atoms with Crippen molar-refractivity contribution in [2.45, 2.75) is 153 Å². The van der Waals surface area contributed by atoms with Gasteiger partial charge in [0, 0.05) is 45.3 Å². The summed E-state index contributed by atoms with van der Waals surface area (Å²) in [6.07, 6.45) is 2.26. The van der Waals surface area contributed by atoms with Gasteiger partial charge in [-0.15, -0.1) is 12.6 Å². The fraction of sp³-hybridized carbons (Fsp3) is 0.590. The first-order chi connectivity index (χ1) is 38.2. The molecule has 2 heterocycles. The van der Waals surface area contributed by atoms with E-state index in [1.807, 2.05) is 0 Å². The number of halogens is 5. The summed E-state index contributed by atoms with van der Waals surface area (Å²) in [6, 6.07) is 5.78. The third-order valence-electron chi connectivity index (χ3n) is 20.2. The van der Waals surface area contributed by atoms with Crippen molar-refractivity contribution in [3.05, 3.63) is 95.9 Å². The molecule has 0 radical (unpaired) electrons. The SMILES string of the molecule is C[C@@H]1CC2C3C[C@H](F)C4=CC(=O)C=C[C@]4(C)[C@@]3(F)[C@@H](O)C[C@]2(C)[C@@]1(OC(=O)c1ccco1)C(=O)S.C[C@@H]1CC2C3C[C@H](F)C4=CC(=O)C=C[C@]4(C)[C@@]3(F)[C@@H](O)C[C@]2(C)[C@@]1(OC(=O)c1ccco1)C(=O)SCC#CCOC(=O)CC(C)(C)F. The molecular formula is C61H67F5O14S2. The molecular weight excluding hydrogens is 1120 g/mol. The summed E-state index contributed by atoms with van der Waals surface area (Å²) >= 11 is 4.87. The number of aliphatic hydroxyl groups excluding tert-OH is 2. The van der Waals surface area contributed by atoms with Gasteiger partial charge in [-0.3, -0.25) is 24.0 Å². The lowest BCUT2D eigenvalue weighted by molar-refractivity contribution is -0.221. The summed E-state index contributed by atoms with van der Waals surface area (Å²) in [5.41, 5.74) is -15.8. The van der Waals surface area contributed by atoms with Crippen molar-refractivity contribution in [2.75, 3.05) is 12.4 Å². The van der Waals surface area contributed by atoms with Crippen LogP contribution in [0.1, 0.15) is 121 Å². The van der Waals surface area contributed by atoms with E-state index >= 15 is 17.6 Å². The molecule has 14 nitrogen and oxygen atoms in total. The molecule has 10 rings (SSSR count). The van der Waals surface area contributed by atoms with Crippen LogP contribution in [-0.4, -0.2) is 115 Å². The molecule has 0 saturated heterocycles. The zero-order valence-electron chi connectivity index (χ0n) is 46.6. The molecule has 0 aromatic carbocycles. The molecule has 6 saturated carbocycles. The lowest BCUT2D eigenvalue weighted by atomic mass is 9.44. The highest BCUT2D eigenvalue weighted by Crippen LogP contribution is 2.74. The standard InChI is InChI=1S/C35H39F3O8S.C26H28F2O6S/c1-20-15-22-23-17-25(36)24-16-21(39)10-11-32(24,4)34(23,38)27(40)18-33(22,5)35(20,46-29(42)26-9-8-13-44-26)30(43)47-14-7-6-12-45-28(41)19-31(2,3)37;1-13-9-15-16-11-18(27)17-10-14(29)6-7-23(17,2)25(16,28)20(30)12-24(15,3)26(13,22(32)35)34-21(31)19-5-4-8-33-19/h8-11,13,16,20,22-23,25,27,40H,12,14-15,17-19H2,1-5H3;4-8,10,13,15-16,18,20,30H,9,11-12H2,1-3H3,(H,32,35)/t20-,22?,23?,25+,27+,32+,33+,34+,35+;13-,15?,16?,18+,20+,23+,24+,25+,26+/m11/s1. The molecule has 2 aromatic rings. The van der Waals surface area contributed by atoms with E-state index in [-0.39, 0.29) is 73.6 Å². The van der Waals surface area contributed by atoms with E-state index in [0.717, 1.165) is 23.9 Å².